The number of carbonyl (C=O) groups is 1. The Morgan fingerprint density at radius 2 is 1.74 bits per heavy atom. The lowest BCUT2D eigenvalue weighted by Crippen LogP contribution is -2.51. The van der Waals surface area contributed by atoms with Crippen LogP contribution in [-0.4, -0.2) is 60.3 Å². The Morgan fingerprint density at radius 3 is 2.54 bits per heavy atom. The van der Waals surface area contributed by atoms with E-state index in [1.165, 1.54) is 11.1 Å². The minimum atomic E-state index is -0.0509. The van der Waals surface area contributed by atoms with Gasteiger partial charge in [0.1, 0.15) is 29.6 Å². The number of aromatic nitrogens is 2. The molecule has 1 atom stereocenters. The summed E-state index contributed by atoms with van der Waals surface area (Å²) < 4.78 is 13.8. The Labute approximate surface area is 229 Å². The summed E-state index contributed by atoms with van der Waals surface area (Å²) in [7, 11) is 3.74. The number of para-hydroxylation sites is 2. The molecule has 0 saturated carbocycles. The molecule has 0 aliphatic carbocycles. The normalized spacial score (nSPS) is 16.8. The summed E-state index contributed by atoms with van der Waals surface area (Å²) in [6.45, 7) is 2.61. The number of imidazole rings is 1. The standard InChI is InChI=1S/C32H34N4O3/c1-34-21-25(22-39-29-11-7-6-10-27(29)34)35-19-17-28-31(32(35)37)33-30(20-24-8-4-3-5-9-24)36(28)18-16-23-12-14-26(38-2)15-13-23/h3-15,25H,16-22H2,1-2H3/t25-/m0/s1. The predicted octanol–water partition coefficient (Wildman–Crippen LogP) is 4.62. The van der Waals surface area contributed by atoms with Crippen molar-refractivity contribution < 1.29 is 14.3 Å². The summed E-state index contributed by atoms with van der Waals surface area (Å²) >= 11 is 0. The number of amides is 1. The summed E-state index contributed by atoms with van der Waals surface area (Å²) in [6.07, 6.45) is 2.32. The molecule has 7 heteroatoms. The van der Waals surface area contributed by atoms with E-state index in [4.69, 9.17) is 14.5 Å². The van der Waals surface area contributed by atoms with Gasteiger partial charge in [0.05, 0.1) is 24.5 Å². The second kappa shape index (κ2) is 10.8. The molecule has 0 fully saturated rings. The van der Waals surface area contributed by atoms with E-state index in [0.29, 0.717) is 31.8 Å². The number of hydrogen-bond acceptors (Lipinski definition) is 5. The molecule has 200 valence electrons. The maximum Gasteiger partial charge on any atom is 0.274 e. The molecule has 6 rings (SSSR count). The highest BCUT2D eigenvalue weighted by Gasteiger charge is 2.36. The molecule has 0 bridgehead atoms. The third-order valence-electron chi connectivity index (χ3n) is 7.83. The van der Waals surface area contributed by atoms with Gasteiger partial charge < -0.3 is 23.8 Å². The van der Waals surface area contributed by atoms with Crippen LogP contribution in [0.15, 0.2) is 78.9 Å². The Balaban J connectivity index is 1.27. The van der Waals surface area contributed by atoms with Crippen LogP contribution in [0.1, 0.15) is 33.1 Å². The van der Waals surface area contributed by atoms with Crippen LogP contribution in [0.5, 0.6) is 11.5 Å². The van der Waals surface area contributed by atoms with Crippen molar-refractivity contribution in [1.82, 2.24) is 14.5 Å². The Kier molecular flexibility index (Phi) is 6.97. The minimum absolute atomic E-state index is 0.00159. The molecule has 1 aromatic heterocycles. The summed E-state index contributed by atoms with van der Waals surface area (Å²) in [5, 5.41) is 0. The largest absolute Gasteiger partial charge is 0.497 e. The van der Waals surface area contributed by atoms with Crippen LogP contribution in [-0.2, 0) is 25.8 Å². The number of carbonyl (C=O) groups excluding carboxylic acids is 1. The van der Waals surface area contributed by atoms with Crippen LogP contribution in [0.25, 0.3) is 0 Å². The van der Waals surface area contributed by atoms with E-state index in [2.05, 4.69) is 46.8 Å². The van der Waals surface area contributed by atoms with Gasteiger partial charge in [0.2, 0.25) is 0 Å². The molecule has 39 heavy (non-hydrogen) atoms. The molecule has 0 N–H and O–H groups in total. The van der Waals surface area contributed by atoms with Crippen molar-refractivity contribution in [3.05, 3.63) is 107 Å². The number of anilines is 1. The molecule has 0 spiro atoms. The van der Waals surface area contributed by atoms with Crippen molar-refractivity contribution in [3.8, 4) is 11.5 Å². The predicted molar refractivity (Wildman–Crippen MR) is 152 cm³/mol. The fourth-order valence-electron chi connectivity index (χ4n) is 5.72. The van der Waals surface area contributed by atoms with Crippen LogP contribution in [0.4, 0.5) is 5.69 Å². The van der Waals surface area contributed by atoms with Crippen molar-refractivity contribution in [2.24, 2.45) is 0 Å². The Morgan fingerprint density at radius 1 is 0.974 bits per heavy atom. The van der Waals surface area contributed by atoms with Gasteiger partial charge >= 0.3 is 0 Å². The van der Waals surface area contributed by atoms with Crippen molar-refractivity contribution in [2.45, 2.75) is 31.8 Å². The number of aryl methyl sites for hydroxylation is 1. The quantitative estimate of drug-likeness (QED) is 0.355. The Bertz CT molecular complexity index is 1450. The first-order valence-electron chi connectivity index (χ1n) is 13.6. The van der Waals surface area contributed by atoms with Crippen LogP contribution < -0.4 is 14.4 Å². The maximum absolute atomic E-state index is 13.9. The highest BCUT2D eigenvalue weighted by molar-refractivity contribution is 5.95. The first-order chi connectivity index (χ1) is 19.1. The number of methoxy groups -OCH3 is 1. The second-order valence-corrected chi connectivity index (χ2v) is 10.3. The first kappa shape index (κ1) is 25.0. The lowest BCUT2D eigenvalue weighted by Gasteiger charge is -2.35. The topological polar surface area (TPSA) is 59.8 Å². The van der Waals surface area contributed by atoms with Gasteiger partial charge in [0.25, 0.3) is 5.91 Å². The number of nitrogens with zero attached hydrogens (tertiary/aromatic N) is 4. The van der Waals surface area contributed by atoms with Gasteiger partial charge in [-0.1, -0.05) is 54.6 Å². The average molecular weight is 523 g/mol. The molecule has 2 aliphatic rings. The number of hydrogen-bond donors (Lipinski definition) is 0. The maximum atomic E-state index is 13.9. The van der Waals surface area contributed by atoms with Gasteiger partial charge in [-0.15, -0.1) is 0 Å². The SMILES string of the molecule is COc1ccc(CCn2c(Cc3ccccc3)nc3c2CCN([C@@H]2COc4ccccc4N(C)C2)C3=O)cc1. The third-order valence-corrected chi connectivity index (χ3v) is 7.83. The van der Waals surface area contributed by atoms with Gasteiger partial charge in [-0.2, -0.15) is 0 Å². The number of rotatable bonds is 7. The van der Waals surface area contributed by atoms with Crippen molar-refractivity contribution in [1.29, 1.82) is 0 Å². The van der Waals surface area contributed by atoms with Gasteiger partial charge in [-0.25, -0.2) is 4.98 Å². The molecule has 7 nitrogen and oxygen atoms in total. The molecule has 3 aromatic carbocycles. The molecule has 2 aliphatic heterocycles. The van der Waals surface area contributed by atoms with E-state index in [9.17, 15) is 4.79 Å². The number of ether oxygens (including phenoxy) is 2. The monoisotopic (exact) mass is 522 g/mol. The molecule has 3 heterocycles. The number of fused-ring (bicyclic) bond motifs is 2. The summed E-state index contributed by atoms with van der Waals surface area (Å²) in [5.74, 6) is 2.66. The number of benzene rings is 3. The van der Waals surface area contributed by atoms with E-state index in [0.717, 1.165) is 48.1 Å². The van der Waals surface area contributed by atoms with E-state index in [1.807, 2.05) is 53.4 Å². The fourth-order valence-corrected chi connectivity index (χ4v) is 5.72. The summed E-state index contributed by atoms with van der Waals surface area (Å²) in [5.41, 5.74) is 5.10. The molecular weight excluding hydrogens is 488 g/mol. The summed E-state index contributed by atoms with van der Waals surface area (Å²) in [4.78, 5) is 23.1. The van der Waals surface area contributed by atoms with Gasteiger partial charge in [0, 0.05) is 39.5 Å². The lowest BCUT2D eigenvalue weighted by molar-refractivity contribution is 0.0602. The lowest BCUT2D eigenvalue weighted by atomic mass is 10.1. The highest BCUT2D eigenvalue weighted by Crippen LogP contribution is 2.32. The van der Waals surface area contributed by atoms with Gasteiger partial charge in [-0.05, 0) is 41.8 Å². The van der Waals surface area contributed by atoms with E-state index in [1.54, 1.807) is 7.11 Å². The zero-order valence-electron chi connectivity index (χ0n) is 22.5. The zero-order valence-corrected chi connectivity index (χ0v) is 22.5. The van der Waals surface area contributed by atoms with Crippen LogP contribution >= 0.6 is 0 Å². The van der Waals surface area contributed by atoms with Crippen LogP contribution in [0.2, 0.25) is 0 Å². The first-order valence-corrected chi connectivity index (χ1v) is 13.6. The number of likely N-dealkylation sites (N-methyl/N-ethyl adjacent to an activating group) is 1. The summed E-state index contributed by atoms with van der Waals surface area (Å²) in [6, 6.07) is 26.6. The zero-order chi connectivity index (χ0) is 26.8. The minimum Gasteiger partial charge on any atom is -0.497 e. The highest BCUT2D eigenvalue weighted by atomic mass is 16.5. The van der Waals surface area contributed by atoms with E-state index in [-0.39, 0.29) is 11.9 Å². The van der Waals surface area contributed by atoms with Crippen LogP contribution in [0.3, 0.4) is 0 Å². The van der Waals surface area contributed by atoms with Crippen molar-refractivity contribution >= 4 is 11.6 Å². The van der Waals surface area contributed by atoms with Crippen molar-refractivity contribution in [3.63, 3.8) is 0 Å². The molecule has 4 aromatic rings. The molecular formula is C32H34N4O3. The van der Waals surface area contributed by atoms with Gasteiger partial charge in [-0.3, -0.25) is 4.79 Å². The molecule has 0 saturated heterocycles. The molecule has 0 unspecified atom stereocenters. The van der Waals surface area contributed by atoms with E-state index >= 15 is 0 Å². The van der Waals surface area contributed by atoms with Crippen LogP contribution in [0, 0.1) is 0 Å². The molecule has 0 radical (unpaired) electrons. The molecule has 1 amide bonds. The average Bonchev–Trinajstić information content (AvgIpc) is 3.23. The third kappa shape index (κ3) is 5.09. The fraction of sp³-hybridized carbons (Fsp3) is 0.312. The second-order valence-electron chi connectivity index (χ2n) is 10.3. The smallest absolute Gasteiger partial charge is 0.274 e. The van der Waals surface area contributed by atoms with E-state index < -0.39 is 0 Å². The Hall–Kier alpha value is -4.26. The van der Waals surface area contributed by atoms with Crippen molar-refractivity contribution in [2.75, 3.05) is 38.8 Å². The van der Waals surface area contributed by atoms with Gasteiger partial charge in [0.15, 0.2) is 0 Å².